The second-order valence-corrected chi connectivity index (χ2v) is 41.8. The lowest BCUT2D eigenvalue weighted by atomic mass is 9.63. The Morgan fingerprint density at radius 3 is 1.18 bits per heavy atom. The molecule has 1 aliphatic carbocycles. The third kappa shape index (κ3) is 21.9. The third-order valence-corrected chi connectivity index (χ3v) is 30.6. The highest BCUT2D eigenvalue weighted by Gasteiger charge is 2.49. The van der Waals surface area contributed by atoms with Gasteiger partial charge in [-0.1, -0.05) is 93.5 Å². The van der Waals surface area contributed by atoms with Crippen LogP contribution in [0.15, 0.2) is 234 Å². The third-order valence-electron chi connectivity index (χ3n) is 29.4. The Morgan fingerprint density at radius 2 is 0.750 bits per heavy atom. The lowest BCUT2D eigenvalue weighted by Crippen LogP contribution is -2.61. The van der Waals surface area contributed by atoms with Crippen LogP contribution in [0.4, 0.5) is 0 Å². The molecule has 7 aliphatic rings. The molecule has 38 heteroatoms. The minimum atomic E-state index is 0.0182. The van der Waals surface area contributed by atoms with Crippen molar-refractivity contribution in [3.8, 4) is 34.4 Å². The SMILES string of the molecule is CC1CCN(C(=O)c2cnc3c(c2)c(Cl)cn3-c2cnccn2)CC1.CC1CCN(C(=O)c2cnc3c(c2)c(Cl)cn3-c2cncnc2)CC1.CC1CCN(C(=O)c2cnc3c(c2)c(Cl)cn3-c2cnn(C)c2)CC1.CC1CCN(C(=O)c2cnc3c(ccn3-c3ccncn3)c2)CC1.CC1CCN(C(=O)c2cnc3c(ccn3-c3cnn(C)c3)c2)CC1.O=C(c1ccc2c(c1)ncn2-c1cccc(Cl)c1)N1CC2(CCC2)C1. The number of halogens is 4. The summed E-state index contributed by atoms with van der Waals surface area (Å²) in [5.74, 6) is 5.22. The zero-order chi connectivity index (χ0) is 103. The summed E-state index contributed by atoms with van der Waals surface area (Å²) in [5, 5.41) is 14.9. The quantitative estimate of drug-likeness (QED) is 0.110. The molecule has 34 nitrogen and oxygen atoms in total. The Kier molecular flexibility index (Phi) is 29.8. The minimum absolute atomic E-state index is 0.0182. The van der Waals surface area contributed by atoms with Crippen molar-refractivity contribution in [1.82, 2.24) is 136 Å². The molecule has 25 rings (SSSR count). The summed E-state index contributed by atoms with van der Waals surface area (Å²) in [6, 6.07) is 28.5. The van der Waals surface area contributed by atoms with Crippen LogP contribution in [0.3, 0.4) is 0 Å². The van der Waals surface area contributed by atoms with Gasteiger partial charge < -0.3 is 29.4 Å². The van der Waals surface area contributed by atoms with Gasteiger partial charge in [0.25, 0.3) is 35.4 Å². The molecule has 148 heavy (non-hydrogen) atoms. The number of amides is 6. The van der Waals surface area contributed by atoms with Crippen molar-refractivity contribution < 1.29 is 28.8 Å². The molecule has 6 aliphatic heterocycles. The predicted molar refractivity (Wildman–Crippen MR) is 570 cm³/mol. The number of piperidine rings is 5. The number of carbonyl (C=O) groups excluding carboxylic acids is 6. The van der Waals surface area contributed by atoms with E-state index in [-0.39, 0.29) is 35.4 Å². The number of hydrogen-bond donors (Lipinski definition) is 0. The fourth-order valence-electron chi connectivity index (χ4n) is 20.2. The molecule has 0 radical (unpaired) electrons. The summed E-state index contributed by atoms with van der Waals surface area (Å²) in [7, 11) is 3.75. The molecule has 7 fully saturated rings. The number of aryl methyl sites for hydroxylation is 2. The highest BCUT2D eigenvalue weighted by atomic mass is 35.5. The van der Waals surface area contributed by atoms with Gasteiger partial charge in [0, 0.05) is 234 Å². The number of likely N-dealkylation sites (tertiary alicyclic amines) is 6. The molecule has 0 bridgehead atoms. The molecule has 18 aromatic rings. The van der Waals surface area contributed by atoms with Gasteiger partial charge in [0.15, 0.2) is 5.82 Å². The lowest BCUT2D eigenvalue weighted by Gasteiger charge is -2.55. The van der Waals surface area contributed by atoms with Crippen molar-refractivity contribution in [2.45, 2.75) is 118 Å². The van der Waals surface area contributed by atoms with Crippen LogP contribution in [0.2, 0.25) is 20.1 Å². The maximum Gasteiger partial charge on any atom is 0.255 e. The van der Waals surface area contributed by atoms with Crippen molar-refractivity contribution in [2.24, 2.45) is 49.1 Å². The van der Waals surface area contributed by atoms with E-state index < -0.39 is 0 Å². The number of imidazole rings is 1. The number of pyridine rings is 5. The van der Waals surface area contributed by atoms with Gasteiger partial charge in [-0.3, -0.25) is 70.5 Å². The fourth-order valence-corrected chi connectivity index (χ4v) is 21.1. The van der Waals surface area contributed by atoms with E-state index in [9.17, 15) is 28.8 Å². The molecule has 0 N–H and O–H groups in total. The summed E-state index contributed by atoms with van der Waals surface area (Å²) in [6.07, 6.45) is 54.0. The smallest absolute Gasteiger partial charge is 0.255 e. The second-order valence-electron chi connectivity index (χ2n) is 40.1. The molecule has 6 saturated heterocycles. The topological polar surface area (TPSA) is 342 Å². The Hall–Kier alpha value is -15.0. The van der Waals surface area contributed by atoms with Crippen LogP contribution < -0.4 is 0 Å². The largest absolute Gasteiger partial charge is 0.339 e. The first-order valence-electron chi connectivity index (χ1n) is 50.5. The van der Waals surface area contributed by atoms with Gasteiger partial charge in [0.05, 0.1) is 102 Å². The van der Waals surface area contributed by atoms with E-state index >= 15 is 0 Å². The summed E-state index contributed by atoms with van der Waals surface area (Å²) in [4.78, 5) is 139. The Bertz CT molecular complexity index is 7720. The van der Waals surface area contributed by atoms with E-state index in [0.29, 0.717) is 100 Å². The number of aromatic nitrogens is 22. The molecular formula is C110H114Cl4N28O6. The van der Waals surface area contributed by atoms with Crippen LogP contribution in [-0.2, 0) is 14.1 Å². The van der Waals surface area contributed by atoms with E-state index in [1.54, 1.807) is 113 Å². The fraction of sp³-hybridized carbons (Fsp3) is 0.345. The summed E-state index contributed by atoms with van der Waals surface area (Å²) in [5.41, 5.74) is 13.3. The molecule has 2 aromatic carbocycles. The highest BCUT2D eigenvalue weighted by Crippen LogP contribution is 2.49. The molecule has 6 amide bonds. The zero-order valence-corrected chi connectivity index (χ0v) is 86.5. The lowest BCUT2D eigenvalue weighted by molar-refractivity contribution is -0.0426. The number of carbonyl (C=O) groups is 6. The van der Waals surface area contributed by atoms with Crippen molar-refractivity contribution in [1.29, 1.82) is 0 Å². The van der Waals surface area contributed by atoms with Gasteiger partial charge in [-0.25, -0.2) is 54.8 Å². The Morgan fingerprint density at radius 1 is 0.324 bits per heavy atom. The van der Waals surface area contributed by atoms with Crippen LogP contribution >= 0.6 is 46.4 Å². The zero-order valence-electron chi connectivity index (χ0n) is 83.5. The van der Waals surface area contributed by atoms with Crippen LogP contribution in [0.25, 0.3) is 101 Å². The highest BCUT2D eigenvalue weighted by molar-refractivity contribution is 6.37. The van der Waals surface area contributed by atoms with E-state index in [1.807, 2.05) is 188 Å². The van der Waals surface area contributed by atoms with Crippen molar-refractivity contribution in [3.05, 3.63) is 287 Å². The number of fused-ring (bicyclic) bond motifs is 6. The van der Waals surface area contributed by atoms with Crippen LogP contribution in [0.5, 0.6) is 0 Å². The first kappa shape index (κ1) is 100. The number of benzene rings is 2. The van der Waals surface area contributed by atoms with Gasteiger partial charge in [0.2, 0.25) is 0 Å². The maximum atomic E-state index is 12.8. The molecular weight excluding hydrogens is 1950 g/mol. The maximum absolute atomic E-state index is 12.8. The summed E-state index contributed by atoms with van der Waals surface area (Å²) in [6.45, 7) is 21.2. The minimum Gasteiger partial charge on any atom is -0.339 e. The Balaban J connectivity index is 0.000000108. The van der Waals surface area contributed by atoms with Gasteiger partial charge in [-0.15, -0.1) is 0 Å². The predicted octanol–water partition coefficient (Wildman–Crippen LogP) is 19.6. The normalized spacial score (nSPS) is 16.2. The second kappa shape index (κ2) is 44.0. The molecule has 0 atom stereocenters. The van der Waals surface area contributed by atoms with E-state index in [1.165, 1.54) is 31.9 Å². The first-order valence-corrected chi connectivity index (χ1v) is 52.0. The van der Waals surface area contributed by atoms with Crippen molar-refractivity contribution >= 4 is 148 Å². The number of rotatable bonds is 12. The average Bonchev–Trinajstić information content (AvgIpc) is 1.04. The van der Waals surface area contributed by atoms with Crippen LogP contribution in [0.1, 0.15) is 180 Å². The number of hydrogen-bond acceptors (Lipinski definition) is 20. The van der Waals surface area contributed by atoms with Gasteiger partial charge >= 0.3 is 0 Å². The molecule has 16 aromatic heterocycles. The van der Waals surface area contributed by atoms with Gasteiger partial charge in [-0.2, -0.15) is 10.2 Å². The molecule has 1 spiro atoms. The molecule has 0 unspecified atom stereocenters. The monoisotopic (exact) mass is 2060 g/mol. The molecule has 22 heterocycles. The van der Waals surface area contributed by atoms with Crippen LogP contribution in [-0.4, -0.2) is 250 Å². The number of nitrogens with zero attached hydrogens (tertiary/aromatic N) is 28. The molecule has 758 valence electrons. The van der Waals surface area contributed by atoms with Gasteiger partial charge in [-0.05, 0) is 192 Å². The summed E-state index contributed by atoms with van der Waals surface area (Å²) < 4.78 is 14.9. The Labute approximate surface area is 874 Å². The summed E-state index contributed by atoms with van der Waals surface area (Å²) >= 11 is 25.3. The average molecular weight is 2070 g/mol. The van der Waals surface area contributed by atoms with E-state index in [2.05, 4.69) is 105 Å². The standard InChI is InChI=1S/C20H18ClN3O.C18H18ClN5O.C18H20ClN5O.C18H18ClN5O.C18H21N5O.C18H19N5O/c21-15-3-1-4-16(10-15)24-13-22-17-9-14(5-6-18(17)24)19(25)23-11-20(12-23)7-2-8-20;1-12-2-6-23(7-3-12)18(25)13-8-14-15(19)11-24(17(14)22-9-13)16-10-20-4-5-21-16;1-12-3-5-23(6-4-12)18(25)13-7-15-16(19)11-24(17(15)20-8-13)14-9-21-22(2)10-14;1-12-2-4-23(5-3-12)18(25)13-6-15-16(19)10-24(17(15)22-7-13)14-8-20-11-21-9-14;1-13-3-6-22(7-4-13)18(24)15-9-14-5-8-23(17(14)19-10-15)16-11-20-21(2)12-16;1-13-3-7-22(8-4-13)18(24)15-10-14-5-9-23(17(14)20-11-15)16-2-6-19-12-21-16/h1,3-6,9-10,13H,2,7-8,11-12H2;4-5,8-12H,2-3,6-7H2,1H3;7-12H,3-6H2,1-2H3;6-12H,2-5H2,1H3;5,8-13H,3-4,6-7H2,1-2H3;2,5-6,9-13H,3-4,7-8H2,1H3. The molecule has 1 saturated carbocycles. The van der Waals surface area contributed by atoms with Crippen molar-refractivity contribution in [2.75, 3.05) is 78.5 Å². The first-order chi connectivity index (χ1) is 71.8. The van der Waals surface area contributed by atoms with Gasteiger partial charge in [0.1, 0.15) is 53.0 Å². The van der Waals surface area contributed by atoms with Crippen molar-refractivity contribution in [3.63, 3.8) is 0 Å². The van der Waals surface area contributed by atoms with E-state index in [4.69, 9.17) is 46.4 Å². The van der Waals surface area contributed by atoms with Crippen LogP contribution in [0, 0.1) is 35.0 Å². The van der Waals surface area contributed by atoms with E-state index in [0.717, 1.165) is 232 Å².